The molecule has 0 atom stereocenters. The van der Waals surface area contributed by atoms with Gasteiger partial charge < -0.3 is 14.4 Å². The molecular weight excluding hydrogens is 446 g/mol. The van der Waals surface area contributed by atoms with Gasteiger partial charge in [0, 0.05) is 44.5 Å². The maximum atomic E-state index is 11.2. The summed E-state index contributed by atoms with van der Waals surface area (Å²) >= 11 is 0. The van der Waals surface area contributed by atoms with Crippen LogP contribution in [0.4, 0.5) is 23.5 Å². The molecule has 2 aromatic heterocycles. The first kappa shape index (κ1) is 22.8. The highest BCUT2D eigenvalue weighted by molar-refractivity contribution is 5.79. The molecule has 5 rings (SSSR count). The van der Waals surface area contributed by atoms with Gasteiger partial charge in [0.1, 0.15) is 0 Å². The minimum atomic E-state index is -0.400. The normalized spacial score (nSPS) is 16.6. The van der Waals surface area contributed by atoms with Crippen LogP contribution < -0.4 is 15.2 Å². The molecule has 0 unspecified atom stereocenters. The lowest BCUT2D eigenvalue weighted by Crippen LogP contribution is -2.34. The molecule has 2 aliphatic rings. The van der Waals surface area contributed by atoms with E-state index in [-0.39, 0.29) is 5.69 Å². The summed E-state index contributed by atoms with van der Waals surface area (Å²) in [6.07, 6.45) is 10.5. The Morgan fingerprint density at radius 1 is 0.886 bits per heavy atom. The number of benzene rings is 1. The lowest BCUT2D eigenvalue weighted by atomic mass is 10.1. The van der Waals surface area contributed by atoms with Crippen molar-refractivity contribution in [2.24, 2.45) is 5.10 Å². The van der Waals surface area contributed by atoms with Gasteiger partial charge in [0.05, 0.1) is 22.5 Å². The van der Waals surface area contributed by atoms with Crippen molar-refractivity contribution in [2.45, 2.75) is 38.5 Å². The molecule has 2 aliphatic heterocycles. The van der Waals surface area contributed by atoms with Gasteiger partial charge in [-0.1, -0.05) is 6.07 Å². The van der Waals surface area contributed by atoms with E-state index in [1.54, 1.807) is 12.3 Å². The highest BCUT2D eigenvalue weighted by Gasteiger charge is 2.20. The minimum Gasteiger partial charge on any atom is -0.341 e. The Hall–Kier alpha value is -4.02. The zero-order chi connectivity index (χ0) is 24.0. The van der Waals surface area contributed by atoms with E-state index in [1.807, 2.05) is 29.0 Å². The van der Waals surface area contributed by atoms with Crippen molar-refractivity contribution in [3.8, 4) is 5.69 Å². The molecule has 11 nitrogen and oxygen atoms in total. The van der Waals surface area contributed by atoms with Crippen LogP contribution in [0.15, 0.2) is 47.7 Å². The van der Waals surface area contributed by atoms with Crippen molar-refractivity contribution in [3.63, 3.8) is 0 Å². The van der Waals surface area contributed by atoms with Crippen LogP contribution in [0.1, 0.15) is 44.2 Å². The summed E-state index contributed by atoms with van der Waals surface area (Å²) in [7, 11) is 0. The van der Waals surface area contributed by atoms with Gasteiger partial charge in [-0.25, -0.2) is 5.43 Å². The maximum Gasteiger partial charge on any atom is 0.271 e. The molecule has 0 aliphatic carbocycles. The van der Waals surface area contributed by atoms with Crippen molar-refractivity contribution >= 4 is 29.7 Å². The van der Waals surface area contributed by atoms with Crippen LogP contribution in [0, 0.1) is 10.1 Å². The molecule has 4 heterocycles. The predicted molar refractivity (Wildman–Crippen MR) is 136 cm³/mol. The molecule has 0 radical (unpaired) electrons. The Kier molecular flexibility index (Phi) is 6.82. The van der Waals surface area contributed by atoms with Crippen LogP contribution in [-0.4, -0.2) is 56.8 Å². The lowest BCUT2D eigenvalue weighted by molar-refractivity contribution is -0.384. The molecule has 0 saturated carbocycles. The third kappa shape index (κ3) is 5.39. The van der Waals surface area contributed by atoms with E-state index in [0.717, 1.165) is 57.6 Å². The van der Waals surface area contributed by atoms with Crippen LogP contribution in [0.25, 0.3) is 5.69 Å². The number of aromatic nitrogens is 4. The molecule has 3 aromatic rings. The average Bonchev–Trinajstić information content (AvgIpc) is 3.38. The smallest absolute Gasteiger partial charge is 0.271 e. The molecule has 11 heteroatoms. The highest BCUT2D eigenvalue weighted by atomic mass is 16.6. The first-order valence-electron chi connectivity index (χ1n) is 12.1. The monoisotopic (exact) mass is 475 g/mol. The van der Waals surface area contributed by atoms with Crippen LogP contribution in [0.2, 0.25) is 0 Å². The standard InChI is InChI=1S/C24H29N9O2/c34-33(35)20-10-7-9-19(17-20)32-16-8-11-21(32)18-25-29-22-26-23(30-12-3-1-4-13-30)28-24(27-22)31-14-5-2-6-15-31/h7-11,16-18H,1-6,12-15H2,(H,26,27,28,29)/b25-18+. The van der Waals surface area contributed by atoms with E-state index in [0.29, 0.717) is 23.5 Å². The molecule has 35 heavy (non-hydrogen) atoms. The summed E-state index contributed by atoms with van der Waals surface area (Å²) in [5.74, 6) is 1.79. The third-order valence-electron chi connectivity index (χ3n) is 6.35. The highest BCUT2D eigenvalue weighted by Crippen LogP contribution is 2.23. The number of nitro benzene ring substituents is 1. The van der Waals surface area contributed by atoms with E-state index in [4.69, 9.17) is 4.98 Å². The summed E-state index contributed by atoms with van der Waals surface area (Å²) in [6.45, 7) is 3.79. The van der Waals surface area contributed by atoms with E-state index < -0.39 is 4.92 Å². The van der Waals surface area contributed by atoms with Gasteiger partial charge >= 0.3 is 0 Å². The van der Waals surface area contributed by atoms with Crippen molar-refractivity contribution in [1.82, 2.24) is 19.5 Å². The van der Waals surface area contributed by atoms with E-state index in [1.165, 1.54) is 25.0 Å². The van der Waals surface area contributed by atoms with Crippen molar-refractivity contribution in [3.05, 3.63) is 58.4 Å². The molecule has 1 aromatic carbocycles. The molecule has 0 spiro atoms. The van der Waals surface area contributed by atoms with Gasteiger partial charge in [0.25, 0.3) is 5.69 Å². The Balaban J connectivity index is 1.37. The van der Waals surface area contributed by atoms with Crippen LogP contribution in [-0.2, 0) is 0 Å². The first-order valence-corrected chi connectivity index (χ1v) is 12.1. The quantitative estimate of drug-likeness (QED) is 0.310. The van der Waals surface area contributed by atoms with Crippen LogP contribution in [0.3, 0.4) is 0 Å². The van der Waals surface area contributed by atoms with Gasteiger partial charge in [-0.15, -0.1) is 0 Å². The van der Waals surface area contributed by atoms with Gasteiger partial charge in [-0.3, -0.25) is 10.1 Å². The average molecular weight is 476 g/mol. The van der Waals surface area contributed by atoms with E-state index >= 15 is 0 Å². The number of nitrogens with one attached hydrogen (secondary N) is 1. The second kappa shape index (κ2) is 10.5. The number of nitrogens with zero attached hydrogens (tertiary/aromatic N) is 8. The Labute approximate surface area is 203 Å². The Bertz CT molecular complexity index is 1160. The summed E-state index contributed by atoms with van der Waals surface area (Å²) < 4.78 is 1.84. The number of hydrogen-bond acceptors (Lipinski definition) is 9. The summed E-state index contributed by atoms with van der Waals surface area (Å²) in [4.78, 5) is 29.3. The zero-order valence-electron chi connectivity index (χ0n) is 19.6. The molecular formula is C24H29N9O2. The zero-order valence-corrected chi connectivity index (χ0v) is 19.6. The largest absolute Gasteiger partial charge is 0.341 e. The fraction of sp³-hybridized carbons (Fsp3) is 0.417. The molecule has 2 saturated heterocycles. The number of non-ortho nitro benzene ring substituents is 1. The predicted octanol–water partition coefficient (Wildman–Crippen LogP) is 4.00. The van der Waals surface area contributed by atoms with Gasteiger partial charge in [-0.05, 0) is 56.7 Å². The summed E-state index contributed by atoms with van der Waals surface area (Å²) in [6, 6.07) is 10.2. The number of rotatable bonds is 7. The third-order valence-corrected chi connectivity index (χ3v) is 6.35. The van der Waals surface area contributed by atoms with Crippen LogP contribution >= 0.6 is 0 Å². The second-order valence-corrected chi connectivity index (χ2v) is 8.80. The fourth-order valence-corrected chi connectivity index (χ4v) is 4.52. The second-order valence-electron chi connectivity index (χ2n) is 8.80. The first-order chi connectivity index (χ1) is 17.2. The summed E-state index contributed by atoms with van der Waals surface area (Å²) in [5, 5.41) is 15.5. The van der Waals surface area contributed by atoms with Crippen molar-refractivity contribution < 1.29 is 4.92 Å². The topological polar surface area (TPSA) is 118 Å². The Morgan fingerprint density at radius 2 is 1.54 bits per heavy atom. The van der Waals surface area contributed by atoms with E-state index in [9.17, 15) is 10.1 Å². The number of hydrogen-bond donors (Lipinski definition) is 1. The minimum absolute atomic E-state index is 0.0397. The summed E-state index contributed by atoms with van der Waals surface area (Å²) in [5.41, 5.74) is 4.47. The van der Waals surface area contributed by atoms with Crippen molar-refractivity contribution in [1.29, 1.82) is 0 Å². The molecule has 0 bridgehead atoms. The molecule has 2 fully saturated rings. The van der Waals surface area contributed by atoms with Crippen LogP contribution in [0.5, 0.6) is 0 Å². The maximum absolute atomic E-state index is 11.2. The van der Waals surface area contributed by atoms with Crippen molar-refractivity contribution in [2.75, 3.05) is 41.4 Å². The molecule has 182 valence electrons. The molecule has 0 amide bonds. The van der Waals surface area contributed by atoms with Gasteiger partial charge in [0.15, 0.2) is 0 Å². The number of piperidine rings is 2. The SMILES string of the molecule is O=[N+]([O-])c1cccc(-n2cccc2/C=N/Nc2nc(N3CCCCC3)nc(N3CCCCC3)n2)c1. The number of nitro groups is 1. The Morgan fingerprint density at radius 3 is 2.17 bits per heavy atom. The van der Waals surface area contributed by atoms with Gasteiger partial charge in [-0.2, -0.15) is 20.1 Å². The fourth-order valence-electron chi connectivity index (χ4n) is 4.52. The van der Waals surface area contributed by atoms with E-state index in [2.05, 4.69) is 30.3 Å². The number of anilines is 3. The lowest BCUT2D eigenvalue weighted by Gasteiger charge is -2.30. The van der Waals surface area contributed by atoms with Gasteiger partial charge in [0.2, 0.25) is 17.8 Å². The number of hydrazone groups is 1. The molecule has 1 N–H and O–H groups in total.